The lowest BCUT2D eigenvalue weighted by atomic mass is 10.1. The zero-order chi connectivity index (χ0) is 17.0. The average molecular weight is 314 g/mol. The summed E-state index contributed by atoms with van der Waals surface area (Å²) in [5.74, 6) is -0.293. The van der Waals surface area contributed by atoms with E-state index in [1.807, 2.05) is 6.92 Å². The van der Waals surface area contributed by atoms with Crippen LogP contribution in [0.5, 0.6) is 11.5 Å². The first-order valence-corrected chi connectivity index (χ1v) is 6.97. The number of rotatable bonds is 4. The van der Waals surface area contributed by atoms with Gasteiger partial charge in [0, 0.05) is 12.6 Å². The summed E-state index contributed by atoms with van der Waals surface area (Å²) >= 11 is 0. The van der Waals surface area contributed by atoms with E-state index in [1.54, 1.807) is 30.3 Å². The summed E-state index contributed by atoms with van der Waals surface area (Å²) in [6.45, 7) is 3.21. The van der Waals surface area contributed by atoms with Gasteiger partial charge in [-0.15, -0.1) is 0 Å². The lowest BCUT2D eigenvalue weighted by Crippen LogP contribution is -2.13. The Balaban J connectivity index is 2.25. The number of carbonyl (C=O) groups excluding carboxylic acids is 2. The number of aromatic hydroxyl groups is 1. The number of nitrogens with one attached hydrogen (secondary N) is 2. The smallest absolute Gasteiger partial charge is 0.259 e. The molecule has 0 unspecified atom stereocenters. The number of hydrogen-bond donors (Lipinski definition) is 3. The highest BCUT2D eigenvalue weighted by molar-refractivity contribution is 6.06. The fourth-order valence-electron chi connectivity index (χ4n) is 2.11. The van der Waals surface area contributed by atoms with Crippen molar-refractivity contribution < 1.29 is 19.4 Å². The molecule has 2 aromatic carbocycles. The van der Waals surface area contributed by atoms with Gasteiger partial charge < -0.3 is 20.5 Å². The Morgan fingerprint density at radius 2 is 1.83 bits per heavy atom. The molecule has 0 radical (unpaired) electrons. The SMILES string of the molecule is COc1ccc(NC(=O)c2ccc(C)cc2O)cc1NC(C)=O. The minimum absolute atomic E-state index is 0.0851. The molecule has 0 aliphatic rings. The minimum atomic E-state index is -0.443. The standard InChI is InChI=1S/C17H18N2O4/c1-10-4-6-13(15(21)8-10)17(22)19-12-5-7-16(23-3)14(9-12)18-11(2)20/h4-9,21H,1-3H3,(H,18,20)(H,19,22). The Hall–Kier alpha value is -3.02. The number of methoxy groups -OCH3 is 1. The predicted octanol–water partition coefficient (Wildman–Crippen LogP) is 2.92. The van der Waals surface area contributed by atoms with Gasteiger partial charge in [0.25, 0.3) is 5.91 Å². The van der Waals surface area contributed by atoms with Crippen molar-refractivity contribution in [2.45, 2.75) is 13.8 Å². The maximum Gasteiger partial charge on any atom is 0.259 e. The summed E-state index contributed by atoms with van der Waals surface area (Å²) in [4.78, 5) is 23.5. The van der Waals surface area contributed by atoms with E-state index in [-0.39, 0.29) is 17.2 Å². The Morgan fingerprint density at radius 1 is 1.09 bits per heavy atom. The van der Waals surface area contributed by atoms with E-state index in [2.05, 4.69) is 10.6 Å². The van der Waals surface area contributed by atoms with Gasteiger partial charge in [-0.1, -0.05) is 6.07 Å². The molecule has 6 nitrogen and oxygen atoms in total. The van der Waals surface area contributed by atoms with E-state index in [0.717, 1.165) is 5.56 Å². The molecular weight excluding hydrogens is 296 g/mol. The molecule has 0 bridgehead atoms. The van der Waals surface area contributed by atoms with Crippen molar-refractivity contribution in [3.8, 4) is 11.5 Å². The molecule has 0 saturated heterocycles. The second-order valence-corrected chi connectivity index (χ2v) is 5.07. The fourth-order valence-corrected chi connectivity index (χ4v) is 2.11. The summed E-state index contributed by atoms with van der Waals surface area (Å²) < 4.78 is 5.16. The molecule has 2 rings (SSSR count). The number of anilines is 2. The summed E-state index contributed by atoms with van der Waals surface area (Å²) in [7, 11) is 1.49. The van der Waals surface area contributed by atoms with Gasteiger partial charge in [-0.3, -0.25) is 9.59 Å². The van der Waals surface area contributed by atoms with Crippen molar-refractivity contribution in [2.24, 2.45) is 0 Å². The zero-order valence-corrected chi connectivity index (χ0v) is 13.1. The van der Waals surface area contributed by atoms with Gasteiger partial charge in [-0.25, -0.2) is 0 Å². The molecule has 0 fully saturated rings. The third kappa shape index (κ3) is 4.00. The molecule has 0 saturated carbocycles. The summed E-state index contributed by atoms with van der Waals surface area (Å²) in [6, 6.07) is 9.68. The molecule has 23 heavy (non-hydrogen) atoms. The molecule has 0 spiro atoms. The minimum Gasteiger partial charge on any atom is -0.507 e. The second-order valence-electron chi connectivity index (χ2n) is 5.07. The number of aryl methyl sites for hydroxylation is 1. The first kappa shape index (κ1) is 16.4. The third-order valence-corrected chi connectivity index (χ3v) is 3.17. The van der Waals surface area contributed by atoms with E-state index >= 15 is 0 Å². The van der Waals surface area contributed by atoms with Crippen molar-refractivity contribution >= 4 is 23.2 Å². The maximum absolute atomic E-state index is 12.2. The number of benzene rings is 2. The van der Waals surface area contributed by atoms with Gasteiger partial charge in [0.15, 0.2) is 0 Å². The van der Waals surface area contributed by atoms with Crippen LogP contribution in [0.15, 0.2) is 36.4 Å². The fraction of sp³-hybridized carbons (Fsp3) is 0.176. The second kappa shape index (κ2) is 6.83. The lowest BCUT2D eigenvalue weighted by Gasteiger charge is -2.12. The van der Waals surface area contributed by atoms with Gasteiger partial charge in [0.05, 0.1) is 18.4 Å². The number of phenolic OH excluding ortho intramolecular Hbond substituents is 1. The number of hydrogen-bond acceptors (Lipinski definition) is 4. The van der Waals surface area contributed by atoms with Crippen LogP contribution in [0.3, 0.4) is 0 Å². The van der Waals surface area contributed by atoms with Crippen LogP contribution in [-0.2, 0) is 4.79 Å². The first-order valence-electron chi connectivity index (χ1n) is 6.97. The van der Waals surface area contributed by atoms with E-state index in [1.165, 1.54) is 20.1 Å². The Bertz CT molecular complexity index is 756. The molecule has 0 aliphatic carbocycles. The average Bonchev–Trinajstić information content (AvgIpc) is 2.46. The summed E-state index contributed by atoms with van der Waals surface area (Å²) in [6.07, 6.45) is 0. The van der Waals surface area contributed by atoms with Crippen LogP contribution in [-0.4, -0.2) is 24.0 Å². The van der Waals surface area contributed by atoms with Crippen LogP contribution in [0.4, 0.5) is 11.4 Å². The molecule has 3 N–H and O–H groups in total. The first-order chi connectivity index (χ1) is 10.9. The van der Waals surface area contributed by atoms with Crippen LogP contribution in [0.2, 0.25) is 0 Å². The van der Waals surface area contributed by atoms with E-state index in [0.29, 0.717) is 17.1 Å². The van der Waals surface area contributed by atoms with Crippen molar-refractivity contribution in [2.75, 3.05) is 17.7 Å². The molecule has 2 aromatic rings. The number of amides is 2. The van der Waals surface area contributed by atoms with E-state index in [9.17, 15) is 14.7 Å². The number of carbonyl (C=O) groups is 2. The van der Waals surface area contributed by atoms with E-state index in [4.69, 9.17) is 4.74 Å². The van der Waals surface area contributed by atoms with Crippen molar-refractivity contribution in [3.63, 3.8) is 0 Å². The quantitative estimate of drug-likeness (QED) is 0.809. The Kier molecular flexibility index (Phi) is 4.85. The molecule has 0 heterocycles. The molecular formula is C17H18N2O4. The van der Waals surface area contributed by atoms with E-state index < -0.39 is 5.91 Å². The molecule has 6 heteroatoms. The van der Waals surface area contributed by atoms with Crippen LogP contribution < -0.4 is 15.4 Å². The van der Waals surface area contributed by atoms with Gasteiger partial charge in [-0.05, 0) is 42.8 Å². The van der Waals surface area contributed by atoms with Crippen LogP contribution >= 0.6 is 0 Å². The van der Waals surface area contributed by atoms with Crippen LogP contribution in [0.25, 0.3) is 0 Å². The molecule has 0 aliphatic heterocycles. The molecule has 0 aromatic heterocycles. The maximum atomic E-state index is 12.2. The molecule has 2 amide bonds. The summed E-state index contributed by atoms with van der Waals surface area (Å²) in [5, 5.41) is 15.2. The highest BCUT2D eigenvalue weighted by atomic mass is 16.5. The van der Waals surface area contributed by atoms with Gasteiger partial charge in [-0.2, -0.15) is 0 Å². The zero-order valence-electron chi connectivity index (χ0n) is 13.1. The highest BCUT2D eigenvalue weighted by Crippen LogP contribution is 2.28. The van der Waals surface area contributed by atoms with Gasteiger partial charge in [0.2, 0.25) is 5.91 Å². The third-order valence-electron chi connectivity index (χ3n) is 3.17. The topological polar surface area (TPSA) is 87.7 Å². The molecule has 120 valence electrons. The van der Waals surface area contributed by atoms with Gasteiger partial charge >= 0.3 is 0 Å². The summed E-state index contributed by atoms with van der Waals surface area (Å²) in [5.41, 5.74) is 1.95. The Morgan fingerprint density at radius 3 is 2.43 bits per heavy atom. The van der Waals surface area contributed by atoms with Crippen molar-refractivity contribution in [1.29, 1.82) is 0 Å². The lowest BCUT2D eigenvalue weighted by molar-refractivity contribution is -0.114. The van der Waals surface area contributed by atoms with Crippen molar-refractivity contribution in [1.82, 2.24) is 0 Å². The van der Waals surface area contributed by atoms with Crippen molar-refractivity contribution in [3.05, 3.63) is 47.5 Å². The van der Waals surface area contributed by atoms with Gasteiger partial charge in [0.1, 0.15) is 11.5 Å². The largest absolute Gasteiger partial charge is 0.507 e. The normalized spacial score (nSPS) is 10.0. The van der Waals surface area contributed by atoms with Crippen LogP contribution in [0.1, 0.15) is 22.8 Å². The monoisotopic (exact) mass is 314 g/mol. The number of phenols is 1. The van der Waals surface area contributed by atoms with Crippen LogP contribution in [0, 0.1) is 6.92 Å². The highest BCUT2D eigenvalue weighted by Gasteiger charge is 2.13. The Labute approximate surface area is 134 Å². The molecule has 0 atom stereocenters. The number of ether oxygens (including phenoxy) is 1. The predicted molar refractivity (Wildman–Crippen MR) is 88.1 cm³/mol.